The minimum Gasteiger partial charge on any atom is -0.363 e. The summed E-state index contributed by atoms with van der Waals surface area (Å²) >= 11 is 0. The number of aryl methyl sites for hydroxylation is 2. The maximum atomic E-state index is 8.93. The Morgan fingerprint density at radius 2 is 1.96 bits per heavy atom. The lowest BCUT2D eigenvalue weighted by molar-refractivity contribution is 0.615. The number of hydrogen-bond donors (Lipinski definition) is 1. The van der Waals surface area contributed by atoms with Crippen molar-refractivity contribution in [2.45, 2.75) is 25.9 Å². The summed E-state index contributed by atoms with van der Waals surface area (Å²) in [5.74, 6) is 1.65. The molecule has 0 fully saturated rings. The van der Waals surface area contributed by atoms with Gasteiger partial charge in [-0.1, -0.05) is 30.3 Å². The fourth-order valence-corrected chi connectivity index (χ4v) is 2.58. The molecule has 0 aliphatic heterocycles. The third-order valence-corrected chi connectivity index (χ3v) is 3.83. The molecule has 2 aromatic heterocycles. The molecule has 0 amide bonds. The summed E-state index contributed by atoms with van der Waals surface area (Å²) in [5, 5.41) is 12.2. The number of rotatable bonds is 7. The van der Waals surface area contributed by atoms with Gasteiger partial charge in [0.15, 0.2) is 0 Å². The smallest absolute Gasteiger partial charge is 0.128 e. The second kappa shape index (κ2) is 7.93. The minimum absolute atomic E-state index is 0.584. The molecule has 0 radical (unpaired) electrons. The van der Waals surface area contributed by atoms with Crippen LogP contribution in [0.1, 0.15) is 23.4 Å². The number of hydrogen-bond acceptors (Lipinski definition) is 4. The van der Waals surface area contributed by atoms with Crippen LogP contribution >= 0.6 is 0 Å². The summed E-state index contributed by atoms with van der Waals surface area (Å²) in [5.41, 5.74) is 1.95. The Kier molecular flexibility index (Phi) is 5.21. The van der Waals surface area contributed by atoms with Gasteiger partial charge < -0.3 is 9.88 Å². The average molecular weight is 317 g/mol. The van der Waals surface area contributed by atoms with E-state index in [-0.39, 0.29) is 0 Å². The summed E-state index contributed by atoms with van der Waals surface area (Å²) in [6.07, 6.45) is 7.57. The van der Waals surface area contributed by atoms with Crippen LogP contribution in [0.25, 0.3) is 0 Å². The Morgan fingerprint density at radius 3 is 2.79 bits per heavy atom. The number of nitrogens with one attached hydrogen (secondary N) is 1. The van der Waals surface area contributed by atoms with Crippen LogP contribution in [0.4, 0.5) is 5.82 Å². The molecular weight excluding hydrogens is 298 g/mol. The molecule has 0 bridgehead atoms. The molecule has 120 valence electrons. The summed E-state index contributed by atoms with van der Waals surface area (Å²) in [6.45, 7) is 1.51. The van der Waals surface area contributed by atoms with E-state index in [1.165, 1.54) is 5.56 Å². The first kappa shape index (κ1) is 15.8. The molecule has 5 nitrogen and oxygen atoms in total. The fourth-order valence-electron chi connectivity index (χ4n) is 2.58. The monoisotopic (exact) mass is 317 g/mol. The zero-order valence-corrected chi connectivity index (χ0v) is 13.4. The quantitative estimate of drug-likeness (QED) is 0.725. The van der Waals surface area contributed by atoms with Crippen molar-refractivity contribution in [2.24, 2.45) is 0 Å². The Morgan fingerprint density at radius 1 is 1.08 bits per heavy atom. The van der Waals surface area contributed by atoms with E-state index in [1.807, 2.05) is 18.5 Å². The van der Waals surface area contributed by atoms with E-state index in [9.17, 15) is 0 Å². The highest BCUT2D eigenvalue weighted by Crippen LogP contribution is 2.09. The van der Waals surface area contributed by atoms with Crippen molar-refractivity contribution in [1.82, 2.24) is 14.5 Å². The normalized spacial score (nSPS) is 10.3. The summed E-state index contributed by atoms with van der Waals surface area (Å²) in [4.78, 5) is 8.63. The third-order valence-electron chi connectivity index (χ3n) is 3.83. The van der Waals surface area contributed by atoms with Gasteiger partial charge >= 0.3 is 0 Å². The lowest BCUT2D eigenvalue weighted by Gasteiger charge is -2.09. The van der Waals surface area contributed by atoms with Crippen molar-refractivity contribution in [3.8, 4) is 6.07 Å². The van der Waals surface area contributed by atoms with Gasteiger partial charge in [-0.15, -0.1) is 0 Å². The van der Waals surface area contributed by atoms with Gasteiger partial charge in [-0.2, -0.15) is 5.26 Å². The molecule has 2 heterocycles. The second-order valence-electron chi connectivity index (χ2n) is 5.52. The topological polar surface area (TPSA) is 66.5 Å². The molecule has 0 aliphatic carbocycles. The molecule has 0 atom stereocenters. The zero-order valence-electron chi connectivity index (χ0n) is 13.4. The summed E-state index contributed by atoms with van der Waals surface area (Å²) < 4.78 is 2.16. The largest absolute Gasteiger partial charge is 0.363 e. The molecule has 0 saturated carbocycles. The van der Waals surface area contributed by atoms with Gasteiger partial charge in [0.1, 0.15) is 11.6 Å². The van der Waals surface area contributed by atoms with Gasteiger partial charge in [0.2, 0.25) is 0 Å². The van der Waals surface area contributed by atoms with Crippen LogP contribution in [0, 0.1) is 11.3 Å². The standard InChI is InChI=1S/C19H19N5/c20-14-17-8-9-21-18(13-17)23-15-19-22-10-12-24(19)11-4-7-16-5-2-1-3-6-16/h1-3,5-6,8-10,12-13H,4,7,11,15H2,(H,21,23). The first-order valence-corrected chi connectivity index (χ1v) is 7.99. The second-order valence-corrected chi connectivity index (χ2v) is 5.52. The number of nitrogens with zero attached hydrogens (tertiary/aromatic N) is 4. The SMILES string of the molecule is N#Cc1ccnc(NCc2nccn2CCCc2ccccc2)c1. The third kappa shape index (κ3) is 4.20. The molecule has 0 saturated heterocycles. The van der Waals surface area contributed by atoms with E-state index in [0.717, 1.165) is 25.2 Å². The van der Waals surface area contributed by atoms with E-state index < -0.39 is 0 Å². The Hall–Kier alpha value is -3.13. The Labute approximate surface area is 141 Å². The van der Waals surface area contributed by atoms with Crippen LogP contribution < -0.4 is 5.32 Å². The van der Waals surface area contributed by atoms with Crippen LogP contribution in [0.15, 0.2) is 61.1 Å². The maximum Gasteiger partial charge on any atom is 0.128 e. The van der Waals surface area contributed by atoms with Crippen molar-refractivity contribution in [3.05, 3.63) is 78.0 Å². The predicted molar refractivity (Wildman–Crippen MR) is 93.3 cm³/mol. The van der Waals surface area contributed by atoms with E-state index >= 15 is 0 Å². The van der Waals surface area contributed by atoms with Crippen molar-refractivity contribution in [1.29, 1.82) is 5.26 Å². The predicted octanol–water partition coefficient (Wildman–Crippen LogP) is 3.39. The molecule has 24 heavy (non-hydrogen) atoms. The van der Waals surface area contributed by atoms with Gasteiger partial charge in [0.25, 0.3) is 0 Å². The molecule has 0 spiro atoms. The molecule has 0 unspecified atom stereocenters. The Bertz CT molecular complexity index is 817. The van der Waals surface area contributed by atoms with Crippen molar-refractivity contribution in [2.75, 3.05) is 5.32 Å². The first-order valence-electron chi connectivity index (χ1n) is 7.99. The van der Waals surface area contributed by atoms with E-state index in [2.05, 4.69) is 50.2 Å². The highest BCUT2D eigenvalue weighted by molar-refractivity contribution is 5.42. The van der Waals surface area contributed by atoms with Crippen LogP contribution in [-0.4, -0.2) is 14.5 Å². The maximum absolute atomic E-state index is 8.93. The molecular formula is C19H19N5. The lowest BCUT2D eigenvalue weighted by atomic mass is 10.1. The number of aromatic nitrogens is 3. The molecule has 1 N–H and O–H groups in total. The molecule has 3 aromatic rings. The lowest BCUT2D eigenvalue weighted by Crippen LogP contribution is -2.10. The van der Waals surface area contributed by atoms with E-state index in [4.69, 9.17) is 5.26 Å². The van der Waals surface area contributed by atoms with Gasteiger partial charge in [-0.05, 0) is 30.5 Å². The van der Waals surface area contributed by atoms with Crippen molar-refractivity contribution < 1.29 is 0 Å². The van der Waals surface area contributed by atoms with Gasteiger partial charge in [-0.25, -0.2) is 9.97 Å². The van der Waals surface area contributed by atoms with Gasteiger partial charge in [-0.3, -0.25) is 0 Å². The average Bonchev–Trinajstić information content (AvgIpc) is 3.08. The zero-order chi connectivity index (χ0) is 16.6. The van der Waals surface area contributed by atoms with Crippen molar-refractivity contribution in [3.63, 3.8) is 0 Å². The highest BCUT2D eigenvalue weighted by Gasteiger charge is 2.04. The summed E-state index contributed by atoms with van der Waals surface area (Å²) in [6, 6.07) is 16.0. The van der Waals surface area contributed by atoms with Gasteiger partial charge in [0.05, 0.1) is 18.2 Å². The Balaban J connectivity index is 1.54. The fraction of sp³-hybridized carbons (Fsp3) is 0.211. The number of anilines is 1. The van der Waals surface area contributed by atoms with Gasteiger partial charge in [0, 0.05) is 25.1 Å². The number of benzene rings is 1. The number of imidazole rings is 1. The van der Waals surface area contributed by atoms with Crippen LogP contribution in [0.3, 0.4) is 0 Å². The minimum atomic E-state index is 0.584. The highest BCUT2D eigenvalue weighted by atomic mass is 15.1. The van der Waals surface area contributed by atoms with E-state index in [0.29, 0.717) is 17.9 Å². The van der Waals surface area contributed by atoms with Crippen LogP contribution in [0.5, 0.6) is 0 Å². The first-order chi connectivity index (χ1) is 11.8. The molecule has 1 aromatic carbocycles. The van der Waals surface area contributed by atoms with Crippen LogP contribution in [0.2, 0.25) is 0 Å². The number of pyridine rings is 1. The van der Waals surface area contributed by atoms with E-state index in [1.54, 1.807) is 18.3 Å². The molecule has 5 heteroatoms. The molecule has 3 rings (SSSR count). The summed E-state index contributed by atoms with van der Waals surface area (Å²) in [7, 11) is 0. The van der Waals surface area contributed by atoms with Crippen molar-refractivity contribution >= 4 is 5.82 Å². The van der Waals surface area contributed by atoms with Crippen LogP contribution in [-0.2, 0) is 19.5 Å². The molecule has 0 aliphatic rings. The number of nitriles is 1.